The quantitative estimate of drug-likeness (QED) is 0.504. The fourth-order valence-electron chi connectivity index (χ4n) is 2.36. The molecule has 2 aromatic carbocycles. The highest BCUT2D eigenvalue weighted by Crippen LogP contribution is 2.25. The lowest BCUT2D eigenvalue weighted by molar-refractivity contribution is -0.113. The van der Waals surface area contributed by atoms with E-state index in [9.17, 15) is 4.79 Å². The molecule has 0 saturated heterocycles. The third-order valence-corrected chi connectivity index (χ3v) is 5.27. The van der Waals surface area contributed by atoms with Gasteiger partial charge in [-0.1, -0.05) is 60.3 Å². The van der Waals surface area contributed by atoms with Gasteiger partial charge in [0.25, 0.3) is 0 Å². The third-order valence-electron chi connectivity index (χ3n) is 3.59. The lowest BCUT2D eigenvalue weighted by atomic mass is 10.2. The Labute approximate surface area is 163 Å². The summed E-state index contributed by atoms with van der Waals surface area (Å²) in [5.74, 6) is 0.0320. The molecule has 2 aromatic heterocycles. The van der Waals surface area contributed by atoms with Gasteiger partial charge in [-0.15, -0.1) is 16.4 Å². The maximum atomic E-state index is 12.3. The van der Waals surface area contributed by atoms with Crippen LogP contribution in [0.3, 0.4) is 0 Å². The molecule has 0 radical (unpaired) electrons. The molecule has 9 heteroatoms. The van der Waals surface area contributed by atoms with Crippen LogP contribution in [0.15, 0.2) is 71.2 Å². The summed E-state index contributed by atoms with van der Waals surface area (Å²) in [4.78, 5) is 16.7. The molecule has 134 valence electrons. The van der Waals surface area contributed by atoms with Crippen LogP contribution in [0.4, 0.5) is 5.13 Å². The fraction of sp³-hybridized carbons (Fsp3) is 0.0556. The predicted octanol–water partition coefficient (Wildman–Crippen LogP) is 3.52. The first-order valence-corrected chi connectivity index (χ1v) is 9.93. The van der Waals surface area contributed by atoms with E-state index >= 15 is 0 Å². The molecule has 0 aliphatic rings. The number of para-hydroxylation sites is 1. The Morgan fingerprint density at radius 3 is 2.59 bits per heavy atom. The molecular formula is C18H14N6OS2. The molecule has 1 N–H and O–H groups in total. The number of rotatable bonds is 6. The van der Waals surface area contributed by atoms with Crippen molar-refractivity contribution >= 4 is 34.1 Å². The van der Waals surface area contributed by atoms with Crippen molar-refractivity contribution in [1.29, 1.82) is 0 Å². The molecule has 0 unspecified atom stereocenters. The maximum Gasteiger partial charge on any atom is 0.236 e. The van der Waals surface area contributed by atoms with Crippen LogP contribution in [0, 0.1) is 0 Å². The average molecular weight is 394 g/mol. The van der Waals surface area contributed by atoms with Crippen LogP contribution in [-0.4, -0.2) is 36.9 Å². The molecule has 0 aliphatic heterocycles. The summed E-state index contributed by atoms with van der Waals surface area (Å²) >= 11 is 2.67. The van der Waals surface area contributed by atoms with Gasteiger partial charge in [-0.25, -0.2) is 4.98 Å². The first kappa shape index (κ1) is 17.4. The highest BCUT2D eigenvalue weighted by Gasteiger charge is 2.13. The van der Waals surface area contributed by atoms with Crippen molar-refractivity contribution in [2.75, 3.05) is 11.1 Å². The van der Waals surface area contributed by atoms with Crippen LogP contribution in [0.5, 0.6) is 0 Å². The zero-order valence-electron chi connectivity index (χ0n) is 14.0. The molecule has 0 spiro atoms. The Kier molecular flexibility index (Phi) is 5.22. The highest BCUT2D eigenvalue weighted by atomic mass is 32.2. The van der Waals surface area contributed by atoms with Gasteiger partial charge in [0.1, 0.15) is 0 Å². The summed E-state index contributed by atoms with van der Waals surface area (Å²) in [5, 5.41) is 17.5. The van der Waals surface area contributed by atoms with Crippen molar-refractivity contribution in [3.05, 3.63) is 66.0 Å². The van der Waals surface area contributed by atoms with Gasteiger partial charge in [0.05, 0.1) is 17.1 Å². The molecule has 4 aromatic rings. The van der Waals surface area contributed by atoms with Gasteiger partial charge in [-0.05, 0) is 22.6 Å². The maximum absolute atomic E-state index is 12.3. The van der Waals surface area contributed by atoms with Crippen molar-refractivity contribution in [1.82, 2.24) is 25.2 Å². The van der Waals surface area contributed by atoms with E-state index in [0.717, 1.165) is 16.9 Å². The molecule has 0 fully saturated rings. The van der Waals surface area contributed by atoms with E-state index in [-0.39, 0.29) is 11.7 Å². The smallest absolute Gasteiger partial charge is 0.236 e. The number of carbonyl (C=O) groups excluding carboxylic acids is 1. The van der Waals surface area contributed by atoms with E-state index in [1.54, 1.807) is 4.68 Å². The van der Waals surface area contributed by atoms with Crippen molar-refractivity contribution in [2.45, 2.75) is 5.16 Å². The monoisotopic (exact) mass is 394 g/mol. The number of hydrogen-bond acceptors (Lipinski definition) is 7. The number of hydrogen-bond donors (Lipinski definition) is 1. The van der Waals surface area contributed by atoms with Crippen molar-refractivity contribution < 1.29 is 4.79 Å². The number of aromatic nitrogens is 5. The number of nitrogens with zero attached hydrogens (tertiary/aromatic N) is 5. The van der Waals surface area contributed by atoms with Gasteiger partial charge in [0, 0.05) is 10.9 Å². The summed E-state index contributed by atoms with van der Waals surface area (Å²) in [5.41, 5.74) is 2.71. The largest absolute Gasteiger partial charge is 0.301 e. The number of thioether (sulfide) groups is 1. The number of benzene rings is 2. The molecule has 2 heterocycles. The Bertz CT molecular complexity index is 1030. The third kappa shape index (κ3) is 4.21. The van der Waals surface area contributed by atoms with E-state index in [4.69, 9.17) is 0 Å². The first-order chi connectivity index (χ1) is 13.3. The molecular weight excluding hydrogens is 380 g/mol. The van der Waals surface area contributed by atoms with Gasteiger partial charge in [-0.3, -0.25) is 4.79 Å². The zero-order valence-corrected chi connectivity index (χ0v) is 15.7. The topological polar surface area (TPSA) is 85.6 Å². The minimum atomic E-state index is -0.156. The van der Waals surface area contributed by atoms with Crippen LogP contribution < -0.4 is 5.32 Å². The highest BCUT2D eigenvalue weighted by molar-refractivity contribution is 7.99. The number of thiazole rings is 1. The van der Waals surface area contributed by atoms with Crippen molar-refractivity contribution in [3.8, 4) is 16.9 Å². The van der Waals surface area contributed by atoms with E-state index in [0.29, 0.717) is 10.3 Å². The first-order valence-electron chi connectivity index (χ1n) is 8.07. The van der Waals surface area contributed by atoms with E-state index in [1.165, 1.54) is 23.1 Å². The van der Waals surface area contributed by atoms with Gasteiger partial charge in [-0.2, -0.15) is 4.68 Å². The number of nitrogens with one attached hydrogen (secondary N) is 1. The molecule has 27 heavy (non-hydrogen) atoms. The van der Waals surface area contributed by atoms with E-state index in [1.807, 2.05) is 66.0 Å². The summed E-state index contributed by atoms with van der Waals surface area (Å²) in [6.07, 6.45) is 0. The Hall–Kier alpha value is -3.04. The van der Waals surface area contributed by atoms with Gasteiger partial charge >= 0.3 is 0 Å². The average Bonchev–Trinajstić information content (AvgIpc) is 3.37. The number of anilines is 1. The van der Waals surface area contributed by atoms with Crippen LogP contribution >= 0.6 is 23.1 Å². The molecule has 7 nitrogen and oxygen atoms in total. The van der Waals surface area contributed by atoms with Crippen LogP contribution in [0.25, 0.3) is 16.9 Å². The van der Waals surface area contributed by atoms with Crippen molar-refractivity contribution in [3.63, 3.8) is 0 Å². The number of amides is 1. The second-order valence-corrected chi connectivity index (χ2v) is 7.25. The molecule has 0 aliphatic carbocycles. The molecule has 0 atom stereocenters. The zero-order chi connectivity index (χ0) is 18.5. The molecule has 4 rings (SSSR count). The second-order valence-electron chi connectivity index (χ2n) is 5.45. The lowest BCUT2D eigenvalue weighted by Crippen LogP contribution is -2.14. The molecule has 0 bridgehead atoms. The molecule has 0 saturated carbocycles. The van der Waals surface area contributed by atoms with Crippen LogP contribution in [0.2, 0.25) is 0 Å². The predicted molar refractivity (Wildman–Crippen MR) is 106 cm³/mol. The normalized spacial score (nSPS) is 10.7. The summed E-state index contributed by atoms with van der Waals surface area (Å²) in [6.45, 7) is 0. The minimum Gasteiger partial charge on any atom is -0.301 e. The van der Waals surface area contributed by atoms with Gasteiger partial charge in [0.15, 0.2) is 5.13 Å². The molecule has 1 amide bonds. The second kappa shape index (κ2) is 8.11. The van der Waals surface area contributed by atoms with E-state index in [2.05, 4.69) is 25.8 Å². The van der Waals surface area contributed by atoms with Gasteiger partial charge in [0.2, 0.25) is 11.1 Å². The Balaban J connectivity index is 1.37. The summed E-state index contributed by atoms with van der Waals surface area (Å²) in [7, 11) is 0. The summed E-state index contributed by atoms with van der Waals surface area (Å²) < 4.78 is 1.61. The van der Waals surface area contributed by atoms with Crippen LogP contribution in [0.1, 0.15) is 0 Å². The number of tetrazole rings is 1. The standard InChI is InChI=1S/C18H14N6OS2/c25-16(20-17-19-15(11-26-17)13-7-3-1-4-8-13)12-27-18-21-22-23-24(18)14-9-5-2-6-10-14/h1-11H,12H2,(H,19,20,25). The Morgan fingerprint density at radius 2 is 1.81 bits per heavy atom. The minimum absolute atomic E-state index is 0.156. The lowest BCUT2D eigenvalue weighted by Gasteiger charge is -2.04. The fourth-order valence-corrected chi connectivity index (χ4v) is 3.78. The van der Waals surface area contributed by atoms with E-state index < -0.39 is 0 Å². The van der Waals surface area contributed by atoms with Gasteiger partial charge < -0.3 is 5.32 Å². The summed E-state index contributed by atoms with van der Waals surface area (Å²) in [6, 6.07) is 19.4. The van der Waals surface area contributed by atoms with Crippen LogP contribution in [-0.2, 0) is 4.79 Å². The number of carbonyl (C=O) groups is 1. The van der Waals surface area contributed by atoms with Crippen molar-refractivity contribution in [2.24, 2.45) is 0 Å². The Morgan fingerprint density at radius 1 is 1.07 bits per heavy atom. The SMILES string of the molecule is O=C(CSc1nnnn1-c1ccccc1)Nc1nc(-c2ccccc2)cs1.